The van der Waals surface area contributed by atoms with E-state index in [0.29, 0.717) is 5.69 Å². The Morgan fingerprint density at radius 3 is 1.83 bits per heavy atom. The van der Waals surface area contributed by atoms with Crippen LogP contribution in [0.2, 0.25) is 0 Å². The molecular weight excluding hydrogens is 226 g/mol. The molecule has 18 heavy (non-hydrogen) atoms. The smallest absolute Gasteiger partial charge is 0.108 e. The first kappa shape index (κ1) is 12.2. The van der Waals surface area contributed by atoms with Crippen molar-refractivity contribution in [2.45, 2.75) is 6.61 Å². The first-order valence-corrected chi connectivity index (χ1v) is 5.63. The summed E-state index contributed by atoms with van der Waals surface area (Å²) in [5, 5.41) is 11.8. The fourth-order valence-corrected chi connectivity index (χ4v) is 1.57. The van der Waals surface area contributed by atoms with Gasteiger partial charge < -0.3 is 5.11 Å². The third kappa shape index (κ3) is 3.12. The average Bonchev–Trinajstić information content (AvgIpc) is 2.46. The second-order valence-electron chi connectivity index (χ2n) is 3.92. The highest BCUT2D eigenvalue weighted by molar-refractivity contribution is 5.70. The Morgan fingerprint density at radius 2 is 1.39 bits per heavy atom. The highest BCUT2D eigenvalue weighted by atomic mass is 16.3. The molecule has 0 amide bonds. The van der Waals surface area contributed by atoms with Crippen LogP contribution in [-0.4, -0.2) is 5.11 Å². The normalized spacial score (nSPS) is 10.7. The summed E-state index contributed by atoms with van der Waals surface area (Å²) in [6, 6.07) is 14.7. The van der Waals surface area contributed by atoms with Gasteiger partial charge in [-0.2, -0.15) is 0 Å². The van der Waals surface area contributed by atoms with Gasteiger partial charge in [0.1, 0.15) is 5.69 Å². The van der Waals surface area contributed by atoms with Crippen LogP contribution in [0.1, 0.15) is 16.7 Å². The van der Waals surface area contributed by atoms with Crippen molar-refractivity contribution >= 4 is 17.8 Å². The standard InChI is InChI=1S/C15H13NO2/c17-11-14-5-3-12(4-6-14)1-2-13-7-9-15(16-18)10-8-13/h1-10,17H,11H2/b2-1+. The van der Waals surface area contributed by atoms with E-state index in [1.54, 1.807) is 12.1 Å². The van der Waals surface area contributed by atoms with Crippen molar-refractivity contribution in [3.8, 4) is 0 Å². The van der Waals surface area contributed by atoms with Crippen molar-refractivity contribution in [3.63, 3.8) is 0 Å². The molecule has 3 heteroatoms. The molecule has 0 radical (unpaired) electrons. The lowest BCUT2D eigenvalue weighted by molar-refractivity contribution is 0.282. The molecule has 2 rings (SSSR count). The summed E-state index contributed by atoms with van der Waals surface area (Å²) in [5.74, 6) is 0. The summed E-state index contributed by atoms with van der Waals surface area (Å²) < 4.78 is 0. The minimum atomic E-state index is 0.0597. The minimum absolute atomic E-state index is 0.0597. The van der Waals surface area contributed by atoms with Crippen molar-refractivity contribution in [3.05, 3.63) is 70.1 Å². The molecule has 1 N–H and O–H groups in total. The van der Waals surface area contributed by atoms with Gasteiger partial charge >= 0.3 is 0 Å². The van der Waals surface area contributed by atoms with Crippen LogP contribution in [-0.2, 0) is 6.61 Å². The van der Waals surface area contributed by atoms with E-state index in [9.17, 15) is 4.91 Å². The Kier molecular flexibility index (Phi) is 3.99. The van der Waals surface area contributed by atoms with Crippen LogP contribution in [0.25, 0.3) is 12.2 Å². The highest BCUT2D eigenvalue weighted by Gasteiger charge is 1.92. The van der Waals surface area contributed by atoms with Gasteiger partial charge in [-0.3, -0.25) is 0 Å². The molecule has 0 unspecified atom stereocenters. The number of rotatable bonds is 4. The highest BCUT2D eigenvalue weighted by Crippen LogP contribution is 2.15. The van der Waals surface area contributed by atoms with Gasteiger partial charge in [0, 0.05) is 0 Å². The Bertz CT molecular complexity index is 542. The van der Waals surface area contributed by atoms with E-state index < -0.39 is 0 Å². The van der Waals surface area contributed by atoms with Crippen molar-refractivity contribution in [2.75, 3.05) is 0 Å². The monoisotopic (exact) mass is 239 g/mol. The first-order valence-electron chi connectivity index (χ1n) is 5.63. The van der Waals surface area contributed by atoms with Gasteiger partial charge in [-0.25, -0.2) is 0 Å². The first-order chi connectivity index (χ1) is 8.81. The van der Waals surface area contributed by atoms with Gasteiger partial charge in [0.2, 0.25) is 0 Å². The van der Waals surface area contributed by atoms with E-state index in [0.717, 1.165) is 16.7 Å². The van der Waals surface area contributed by atoms with E-state index in [2.05, 4.69) is 5.18 Å². The van der Waals surface area contributed by atoms with Crippen LogP contribution in [0.15, 0.2) is 53.7 Å². The zero-order valence-electron chi connectivity index (χ0n) is 9.78. The molecule has 0 spiro atoms. The number of nitrogens with zero attached hydrogens (tertiary/aromatic N) is 1. The molecule has 3 nitrogen and oxygen atoms in total. The lowest BCUT2D eigenvalue weighted by Crippen LogP contribution is -1.81. The topological polar surface area (TPSA) is 49.7 Å². The summed E-state index contributed by atoms with van der Waals surface area (Å²) in [5.41, 5.74) is 3.39. The zero-order valence-corrected chi connectivity index (χ0v) is 9.78. The van der Waals surface area contributed by atoms with Crippen molar-refractivity contribution in [1.82, 2.24) is 0 Å². The molecule has 2 aromatic rings. The number of aliphatic hydroxyl groups excluding tert-OH is 1. The maximum Gasteiger partial charge on any atom is 0.108 e. The summed E-state index contributed by atoms with van der Waals surface area (Å²) in [7, 11) is 0. The van der Waals surface area contributed by atoms with Gasteiger partial charge in [-0.1, -0.05) is 48.6 Å². The Morgan fingerprint density at radius 1 is 0.889 bits per heavy atom. The van der Waals surface area contributed by atoms with Crippen molar-refractivity contribution in [2.24, 2.45) is 5.18 Å². The van der Waals surface area contributed by atoms with Gasteiger partial charge in [0.05, 0.1) is 6.61 Å². The molecule has 0 saturated heterocycles. The molecule has 0 heterocycles. The molecule has 0 fully saturated rings. The van der Waals surface area contributed by atoms with E-state index >= 15 is 0 Å². The maximum atomic E-state index is 10.3. The fourth-order valence-electron chi connectivity index (χ4n) is 1.57. The maximum absolute atomic E-state index is 10.3. The van der Waals surface area contributed by atoms with Crippen molar-refractivity contribution < 1.29 is 5.11 Å². The summed E-state index contributed by atoms with van der Waals surface area (Å²) >= 11 is 0. The summed E-state index contributed by atoms with van der Waals surface area (Å²) in [4.78, 5) is 10.3. The molecule has 0 saturated carbocycles. The molecule has 0 aliphatic carbocycles. The molecule has 90 valence electrons. The van der Waals surface area contributed by atoms with E-state index in [4.69, 9.17) is 5.11 Å². The van der Waals surface area contributed by atoms with E-state index in [1.807, 2.05) is 48.6 Å². The Balaban J connectivity index is 2.10. The van der Waals surface area contributed by atoms with Gasteiger partial charge in [-0.05, 0) is 34.0 Å². The predicted octanol–water partition coefficient (Wildman–Crippen LogP) is 3.75. The van der Waals surface area contributed by atoms with E-state index in [1.165, 1.54) is 0 Å². The average molecular weight is 239 g/mol. The fraction of sp³-hybridized carbons (Fsp3) is 0.0667. The molecular formula is C15H13NO2. The Hall–Kier alpha value is -2.26. The van der Waals surface area contributed by atoms with E-state index in [-0.39, 0.29) is 6.61 Å². The van der Waals surface area contributed by atoms with Gasteiger partial charge in [0.15, 0.2) is 0 Å². The van der Waals surface area contributed by atoms with Crippen LogP contribution in [0.3, 0.4) is 0 Å². The summed E-state index contributed by atoms with van der Waals surface area (Å²) in [6.07, 6.45) is 3.94. The third-order valence-electron chi connectivity index (χ3n) is 2.63. The molecule has 0 bridgehead atoms. The number of aliphatic hydroxyl groups is 1. The lowest BCUT2D eigenvalue weighted by atomic mass is 10.1. The zero-order chi connectivity index (χ0) is 12.8. The predicted molar refractivity (Wildman–Crippen MR) is 73.2 cm³/mol. The molecule has 0 aromatic heterocycles. The van der Waals surface area contributed by atoms with Crippen LogP contribution in [0.4, 0.5) is 5.69 Å². The number of benzene rings is 2. The molecule has 0 aliphatic heterocycles. The molecule has 2 aromatic carbocycles. The van der Waals surface area contributed by atoms with Crippen LogP contribution in [0, 0.1) is 4.91 Å². The number of hydrogen-bond donors (Lipinski definition) is 1. The molecule has 0 atom stereocenters. The summed E-state index contributed by atoms with van der Waals surface area (Å²) in [6.45, 7) is 0.0597. The SMILES string of the molecule is O=Nc1ccc(/C=C/c2ccc(CO)cc2)cc1. The second-order valence-corrected chi connectivity index (χ2v) is 3.92. The Labute approximate surface area is 105 Å². The third-order valence-corrected chi connectivity index (χ3v) is 2.63. The van der Waals surface area contributed by atoms with Gasteiger partial charge in [-0.15, -0.1) is 4.91 Å². The minimum Gasteiger partial charge on any atom is -0.392 e. The molecule has 0 aliphatic rings. The van der Waals surface area contributed by atoms with Crippen LogP contribution < -0.4 is 0 Å². The van der Waals surface area contributed by atoms with Crippen molar-refractivity contribution in [1.29, 1.82) is 0 Å². The number of nitroso groups, excluding NO2 is 1. The van der Waals surface area contributed by atoms with Gasteiger partial charge in [0.25, 0.3) is 0 Å². The number of hydrogen-bond acceptors (Lipinski definition) is 3. The van der Waals surface area contributed by atoms with Crippen LogP contribution >= 0.6 is 0 Å². The lowest BCUT2D eigenvalue weighted by Gasteiger charge is -1.97. The largest absolute Gasteiger partial charge is 0.392 e. The quantitative estimate of drug-likeness (QED) is 0.652. The van der Waals surface area contributed by atoms with Crippen LogP contribution in [0.5, 0.6) is 0 Å². The second kappa shape index (κ2) is 5.89.